The zero-order valence-corrected chi connectivity index (χ0v) is 11.7. The number of nitrogens with one attached hydrogen (secondary N) is 2. The second kappa shape index (κ2) is 4.50. The summed E-state index contributed by atoms with van der Waals surface area (Å²) in [5.74, 6) is 0.737. The van der Waals surface area contributed by atoms with Gasteiger partial charge >= 0.3 is 0 Å². The molecule has 3 atom stereocenters. The van der Waals surface area contributed by atoms with Crippen LogP contribution in [0.2, 0.25) is 5.15 Å². The molecule has 1 aliphatic heterocycles. The van der Waals surface area contributed by atoms with Gasteiger partial charge in [-0.2, -0.15) is 0 Å². The highest BCUT2D eigenvalue weighted by Gasteiger charge is 2.40. The van der Waals surface area contributed by atoms with Crippen molar-refractivity contribution in [2.45, 2.75) is 24.9 Å². The minimum absolute atomic E-state index is 0.00386. The molecule has 2 aliphatic rings. The van der Waals surface area contributed by atoms with E-state index in [2.05, 4.69) is 10.6 Å². The predicted octanol–water partition coefficient (Wildman–Crippen LogP) is 2.07. The molecule has 5 heteroatoms. The molecule has 20 heavy (non-hydrogen) atoms. The van der Waals surface area contributed by atoms with Crippen LogP contribution in [-0.4, -0.2) is 28.9 Å². The van der Waals surface area contributed by atoms with Crippen LogP contribution in [0.25, 0.3) is 5.52 Å². The molecule has 104 valence electrons. The van der Waals surface area contributed by atoms with Crippen LogP contribution < -0.4 is 10.6 Å². The highest BCUT2D eigenvalue weighted by atomic mass is 35.5. The molecule has 2 aromatic rings. The van der Waals surface area contributed by atoms with Crippen molar-refractivity contribution in [2.24, 2.45) is 5.92 Å². The van der Waals surface area contributed by atoms with E-state index in [-0.39, 0.29) is 11.9 Å². The summed E-state index contributed by atoms with van der Waals surface area (Å²) >= 11 is 6.04. The molecule has 2 bridgehead atoms. The summed E-state index contributed by atoms with van der Waals surface area (Å²) in [6.45, 7) is 1.10. The summed E-state index contributed by atoms with van der Waals surface area (Å²) in [4.78, 5) is 12.3. The van der Waals surface area contributed by atoms with Gasteiger partial charge in [-0.25, -0.2) is 0 Å². The van der Waals surface area contributed by atoms with Crippen molar-refractivity contribution in [1.82, 2.24) is 15.0 Å². The average Bonchev–Trinajstić information content (AvgIpc) is 3.14. The van der Waals surface area contributed by atoms with E-state index >= 15 is 0 Å². The van der Waals surface area contributed by atoms with Crippen molar-refractivity contribution < 1.29 is 4.79 Å². The fourth-order valence-corrected chi connectivity index (χ4v) is 3.70. The summed E-state index contributed by atoms with van der Waals surface area (Å²) in [7, 11) is 0. The van der Waals surface area contributed by atoms with Crippen LogP contribution in [0.4, 0.5) is 0 Å². The summed E-state index contributed by atoms with van der Waals surface area (Å²) < 4.78 is 1.86. The molecule has 1 saturated carbocycles. The minimum Gasteiger partial charge on any atom is -0.348 e. The van der Waals surface area contributed by atoms with E-state index in [1.807, 2.05) is 34.9 Å². The Bertz CT molecular complexity index is 681. The topological polar surface area (TPSA) is 45.5 Å². The molecule has 1 saturated heterocycles. The van der Waals surface area contributed by atoms with Gasteiger partial charge in [-0.15, -0.1) is 0 Å². The van der Waals surface area contributed by atoms with E-state index in [4.69, 9.17) is 11.6 Å². The Morgan fingerprint density at radius 1 is 1.35 bits per heavy atom. The maximum Gasteiger partial charge on any atom is 0.251 e. The van der Waals surface area contributed by atoms with E-state index in [0.717, 1.165) is 24.4 Å². The highest BCUT2D eigenvalue weighted by molar-refractivity contribution is 6.30. The molecule has 1 aliphatic carbocycles. The van der Waals surface area contributed by atoms with E-state index < -0.39 is 0 Å². The zero-order chi connectivity index (χ0) is 13.7. The lowest BCUT2D eigenvalue weighted by atomic mass is 10.1. The van der Waals surface area contributed by atoms with E-state index in [0.29, 0.717) is 16.8 Å². The number of fused-ring (bicyclic) bond motifs is 3. The van der Waals surface area contributed by atoms with Gasteiger partial charge in [0.15, 0.2) is 0 Å². The van der Waals surface area contributed by atoms with E-state index in [9.17, 15) is 4.79 Å². The monoisotopic (exact) mass is 289 g/mol. The van der Waals surface area contributed by atoms with Crippen LogP contribution in [0.5, 0.6) is 0 Å². The van der Waals surface area contributed by atoms with Gasteiger partial charge in [0, 0.05) is 29.4 Å². The second-order valence-electron chi connectivity index (χ2n) is 5.80. The first-order valence-corrected chi connectivity index (χ1v) is 7.39. The molecule has 0 aromatic carbocycles. The van der Waals surface area contributed by atoms with Crippen LogP contribution >= 0.6 is 11.6 Å². The normalized spacial score (nSPS) is 28.1. The Kier molecular flexibility index (Phi) is 2.75. The van der Waals surface area contributed by atoms with Crippen molar-refractivity contribution in [3.63, 3.8) is 0 Å². The number of aromatic nitrogens is 1. The lowest BCUT2D eigenvalue weighted by Gasteiger charge is -2.24. The summed E-state index contributed by atoms with van der Waals surface area (Å²) in [6, 6.07) is 8.16. The highest BCUT2D eigenvalue weighted by Crippen LogP contribution is 2.31. The largest absolute Gasteiger partial charge is 0.348 e. The fraction of sp³-hybridized carbons (Fsp3) is 0.400. The van der Waals surface area contributed by atoms with Crippen LogP contribution in [-0.2, 0) is 0 Å². The maximum atomic E-state index is 12.3. The van der Waals surface area contributed by atoms with Crippen molar-refractivity contribution >= 4 is 23.0 Å². The van der Waals surface area contributed by atoms with Crippen LogP contribution in [0.3, 0.4) is 0 Å². The molecule has 2 aromatic heterocycles. The molecule has 3 unspecified atom stereocenters. The first-order valence-electron chi connectivity index (χ1n) is 7.01. The van der Waals surface area contributed by atoms with Gasteiger partial charge in [0.1, 0.15) is 5.15 Å². The number of pyridine rings is 1. The SMILES string of the molecule is O=C(NC1CC2CNC1C2)c1ccn2c(Cl)ccc2c1. The third kappa shape index (κ3) is 1.91. The second-order valence-corrected chi connectivity index (χ2v) is 6.19. The number of piperidine rings is 1. The number of rotatable bonds is 2. The number of carbonyl (C=O) groups is 1. The van der Waals surface area contributed by atoms with Crippen LogP contribution in [0, 0.1) is 5.92 Å². The maximum absolute atomic E-state index is 12.3. The van der Waals surface area contributed by atoms with Crippen molar-refractivity contribution in [3.8, 4) is 0 Å². The lowest BCUT2D eigenvalue weighted by Crippen LogP contribution is -2.47. The number of amides is 1. The third-order valence-corrected chi connectivity index (χ3v) is 4.82. The number of hydrogen-bond acceptors (Lipinski definition) is 2. The number of nitrogens with zero attached hydrogens (tertiary/aromatic N) is 1. The Labute approximate surface area is 122 Å². The Balaban J connectivity index is 1.54. The van der Waals surface area contributed by atoms with Gasteiger partial charge in [-0.05, 0) is 49.6 Å². The molecule has 1 amide bonds. The first kappa shape index (κ1) is 12.2. The zero-order valence-electron chi connectivity index (χ0n) is 11.0. The number of hydrogen-bond donors (Lipinski definition) is 2. The molecule has 0 radical (unpaired) electrons. The third-order valence-electron chi connectivity index (χ3n) is 4.51. The Morgan fingerprint density at radius 3 is 3.00 bits per heavy atom. The lowest BCUT2D eigenvalue weighted by molar-refractivity contribution is 0.0928. The number of carbonyl (C=O) groups excluding carboxylic acids is 1. The molecular weight excluding hydrogens is 274 g/mol. The van der Waals surface area contributed by atoms with Crippen LogP contribution in [0.15, 0.2) is 30.5 Å². The van der Waals surface area contributed by atoms with Gasteiger partial charge in [-0.1, -0.05) is 11.6 Å². The van der Waals surface area contributed by atoms with Crippen LogP contribution in [0.1, 0.15) is 23.2 Å². The van der Waals surface area contributed by atoms with Gasteiger partial charge < -0.3 is 15.0 Å². The number of halogens is 1. The fourth-order valence-electron chi connectivity index (χ4n) is 3.48. The smallest absolute Gasteiger partial charge is 0.251 e. The summed E-state index contributed by atoms with van der Waals surface area (Å²) in [6.07, 6.45) is 4.13. The standard InChI is InChI=1S/C15H16ClN3O/c16-14-2-1-11-7-10(3-4-19(11)14)15(20)18-13-6-9-5-12(13)17-8-9/h1-4,7,9,12-13,17H,5-6,8H2,(H,18,20). The van der Waals surface area contributed by atoms with Gasteiger partial charge in [0.05, 0.1) is 0 Å². The summed E-state index contributed by atoms with van der Waals surface area (Å²) in [5.41, 5.74) is 1.63. The van der Waals surface area contributed by atoms with Crippen molar-refractivity contribution in [1.29, 1.82) is 0 Å². The quantitative estimate of drug-likeness (QED) is 0.889. The van der Waals surface area contributed by atoms with E-state index in [1.165, 1.54) is 6.42 Å². The molecule has 2 N–H and O–H groups in total. The summed E-state index contributed by atoms with van der Waals surface area (Å²) in [5, 5.41) is 7.27. The molecule has 2 fully saturated rings. The molecule has 0 spiro atoms. The van der Waals surface area contributed by atoms with Gasteiger partial charge in [-0.3, -0.25) is 4.79 Å². The molecule has 3 heterocycles. The van der Waals surface area contributed by atoms with Gasteiger partial charge in [0.2, 0.25) is 0 Å². The molecule has 4 nitrogen and oxygen atoms in total. The van der Waals surface area contributed by atoms with E-state index in [1.54, 1.807) is 0 Å². The minimum atomic E-state index is 0.00386. The Hall–Kier alpha value is -1.52. The average molecular weight is 290 g/mol. The van der Waals surface area contributed by atoms with Gasteiger partial charge in [0.25, 0.3) is 5.91 Å². The molecular formula is C15H16ClN3O. The van der Waals surface area contributed by atoms with Crippen molar-refractivity contribution in [3.05, 3.63) is 41.2 Å². The predicted molar refractivity (Wildman–Crippen MR) is 78.2 cm³/mol. The van der Waals surface area contributed by atoms with Crippen molar-refractivity contribution in [2.75, 3.05) is 6.54 Å². The Morgan fingerprint density at radius 2 is 2.25 bits per heavy atom. The first-order chi connectivity index (χ1) is 9.70. The molecule has 4 rings (SSSR count).